The van der Waals surface area contributed by atoms with Crippen molar-refractivity contribution in [2.45, 2.75) is 25.7 Å². The molecule has 0 spiro atoms. The molecule has 0 bridgehead atoms. The van der Waals surface area contributed by atoms with Gasteiger partial charge in [0.1, 0.15) is 5.92 Å². The summed E-state index contributed by atoms with van der Waals surface area (Å²) in [6, 6.07) is 9.50. The first-order valence-electron chi connectivity index (χ1n) is 6.59. The maximum Gasteiger partial charge on any atom is 0.157 e. The molecule has 0 aromatic heterocycles. The van der Waals surface area contributed by atoms with Crippen LogP contribution in [0.5, 0.6) is 0 Å². The van der Waals surface area contributed by atoms with E-state index >= 15 is 0 Å². The van der Waals surface area contributed by atoms with Crippen LogP contribution in [-0.4, -0.2) is 11.8 Å². The van der Waals surface area contributed by atoms with E-state index in [1.54, 1.807) is 18.2 Å². The molecule has 1 aliphatic carbocycles. The van der Waals surface area contributed by atoms with Gasteiger partial charge in [-0.3, -0.25) is 5.73 Å². The van der Waals surface area contributed by atoms with Gasteiger partial charge in [-0.1, -0.05) is 47.5 Å². The number of nitriles is 1. The van der Waals surface area contributed by atoms with Crippen molar-refractivity contribution in [2.24, 2.45) is 11.7 Å². The van der Waals surface area contributed by atoms with Gasteiger partial charge in [-0.25, -0.2) is 0 Å². The summed E-state index contributed by atoms with van der Waals surface area (Å²) in [4.78, 5) is 0. The minimum Gasteiger partial charge on any atom is -0.353 e. The molecule has 2 N–H and O–H groups in total. The molecule has 2 rings (SSSR count). The van der Waals surface area contributed by atoms with Gasteiger partial charge < -0.3 is 4.74 Å². The van der Waals surface area contributed by atoms with E-state index in [-0.39, 0.29) is 6.10 Å². The van der Waals surface area contributed by atoms with Crippen molar-refractivity contribution >= 4 is 28.8 Å². The molecule has 1 aliphatic rings. The van der Waals surface area contributed by atoms with E-state index in [1.807, 2.05) is 32.0 Å². The monoisotopic (exact) mass is 322 g/mol. The summed E-state index contributed by atoms with van der Waals surface area (Å²) in [6.07, 6.45) is 3.18. The molecule has 0 fully saturated rings. The Bertz CT molecular complexity index is 646. The molecule has 0 amide bonds. The van der Waals surface area contributed by atoms with Crippen molar-refractivity contribution in [3.63, 3.8) is 0 Å². The van der Waals surface area contributed by atoms with Gasteiger partial charge in [0.05, 0.1) is 12.2 Å². The van der Waals surface area contributed by atoms with Gasteiger partial charge in [0, 0.05) is 15.6 Å². The number of hydrogen-bond donors (Lipinski definition) is 1. The number of allylic oxidation sites excluding steroid dienone is 2. The van der Waals surface area contributed by atoms with Crippen LogP contribution in [0.25, 0.3) is 5.57 Å². The van der Waals surface area contributed by atoms with Crippen LogP contribution >= 0.6 is 23.2 Å². The zero-order valence-electron chi connectivity index (χ0n) is 11.8. The van der Waals surface area contributed by atoms with E-state index in [0.717, 1.165) is 5.56 Å². The van der Waals surface area contributed by atoms with Gasteiger partial charge in [-0.15, -0.1) is 0 Å². The van der Waals surface area contributed by atoms with E-state index in [9.17, 15) is 5.26 Å². The predicted molar refractivity (Wildman–Crippen MR) is 85.6 cm³/mol. The summed E-state index contributed by atoms with van der Waals surface area (Å²) in [5.74, 6) is -0.645. The Labute approximate surface area is 134 Å². The van der Waals surface area contributed by atoms with E-state index < -0.39 is 11.6 Å². The van der Waals surface area contributed by atoms with Crippen LogP contribution in [0.2, 0.25) is 5.02 Å². The maximum absolute atomic E-state index is 9.40. The Morgan fingerprint density at radius 1 is 1.33 bits per heavy atom. The third kappa shape index (κ3) is 3.30. The zero-order valence-corrected chi connectivity index (χ0v) is 13.3. The lowest BCUT2D eigenvalue weighted by Crippen LogP contribution is -2.49. The fraction of sp³-hybridized carbons (Fsp3) is 0.312. The van der Waals surface area contributed by atoms with Crippen molar-refractivity contribution in [2.75, 3.05) is 0 Å². The number of ether oxygens (including phenoxy) is 1. The lowest BCUT2D eigenvalue weighted by molar-refractivity contribution is -0.0579. The van der Waals surface area contributed by atoms with Gasteiger partial charge in [0.15, 0.2) is 5.72 Å². The number of benzene rings is 1. The first kappa shape index (κ1) is 16.1. The lowest BCUT2D eigenvalue weighted by atomic mass is 9.86. The van der Waals surface area contributed by atoms with Crippen molar-refractivity contribution in [1.29, 1.82) is 5.26 Å². The summed E-state index contributed by atoms with van der Waals surface area (Å²) >= 11 is 12.5. The average molecular weight is 323 g/mol. The lowest BCUT2D eigenvalue weighted by Gasteiger charge is -2.35. The SMILES string of the molecule is CC(C)OC1(N)C=C(Cl)C(c2ccccc2Cl)=CC1C#N. The fourth-order valence-corrected chi connectivity index (χ4v) is 2.87. The summed E-state index contributed by atoms with van der Waals surface area (Å²) in [7, 11) is 0. The van der Waals surface area contributed by atoms with Crippen LogP contribution in [0.4, 0.5) is 0 Å². The second-order valence-electron chi connectivity index (χ2n) is 5.18. The molecule has 2 unspecified atom stereocenters. The Morgan fingerprint density at radius 3 is 2.57 bits per heavy atom. The quantitative estimate of drug-likeness (QED) is 0.853. The van der Waals surface area contributed by atoms with Crippen LogP contribution < -0.4 is 5.73 Å². The second kappa shape index (κ2) is 6.21. The summed E-state index contributed by atoms with van der Waals surface area (Å²) in [6.45, 7) is 3.72. The molecular formula is C16H16Cl2N2O. The molecule has 5 heteroatoms. The molecule has 0 saturated carbocycles. The van der Waals surface area contributed by atoms with Crippen molar-refractivity contribution in [1.82, 2.24) is 0 Å². The molecule has 0 saturated heterocycles. The molecule has 0 radical (unpaired) electrons. The van der Waals surface area contributed by atoms with Crippen molar-refractivity contribution < 1.29 is 4.74 Å². The topological polar surface area (TPSA) is 59.0 Å². The first-order valence-corrected chi connectivity index (χ1v) is 7.34. The molecule has 1 aromatic rings. The molecule has 2 atom stereocenters. The number of nitrogens with two attached hydrogens (primary N) is 1. The smallest absolute Gasteiger partial charge is 0.157 e. The Hall–Kier alpha value is -1.31. The van der Waals surface area contributed by atoms with Crippen LogP contribution in [-0.2, 0) is 4.74 Å². The van der Waals surface area contributed by atoms with Crippen molar-refractivity contribution in [3.05, 3.63) is 52.0 Å². The normalized spacial score (nSPS) is 25.3. The highest BCUT2D eigenvalue weighted by Gasteiger charge is 2.38. The first-order chi connectivity index (χ1) is 9.87. The van der Waals surface area contributed by atoms with Crippen LogP contribution in [0, 0.1) is 17.2 Å². The van der Waals surface area contributed by atoms with Gasteiger partial charge in [-0.2, -0.15) is 5.26 Å². The number of halogens is 2. The maximum atomic E-state index is 9.40. The minimum atomic E-state index is -1.23. The highest BCUT2D eigenvalue weighted by Crippen LogP contribution is 2.39. The van der Waals surface area contributed by atoms with E-state index in [4.69, 9.17) is 33.7 Å². The van der Waals surface area contributed by atoms with Gasteiger partial charge >= 0.3 is 0 Å². The van der Waals surface area contributed by atoms with Crippen molar-refractivity contribution in [3.8, 4) is 6.07 Å². The standard InChI is InChI=1S/C16H16Cl2N2O/c1-10(2)21-16(20)8-15(18)13(7-11(16)9-19)12-5-3-4-6-14(12)17/h3-8,10-11H,20H2,1-2H3. The molecule has 0 aliphatic heterocycles. The molecule has 110 valence electrons. The zero-order chi connectivity index (χ0) is 15.6. The number of hydrogen-bond acceptors (Lipinski definition) is 3. The van der Waals surface area contributed by atoms with E-state index in [2.05, 4.69) is 6.07 Å². The molecule has 21 heavy (non-hydrogen) atoms. The average Bonchev–Trinajstić information content (AvgIpc) is 2.39. The molecular weight excluding hydrogens is 307 g/mol. The highest BCUT2D eigenvalue weighted by molar-refractivity contribution is 6.39. The van der Waals surface area contributed by atoms with Crippen LogP contribution in [0.15, 0.2) is 41.4 Å². The fourth-order valence-electron chi connectivity index (χ4n) is 2.29. The summed E-state index contributed by atoms with van der Waals surface area (Å²) in [5.41, 5.74) is 6.44. The largest absolute Gasteiger partial charge is 0.353 e. The molecule has 3 nitrogen and oxygen atoms in total. The predicted octanol–water partition coefficient (Wildman–Crippen LogP) is 4.08. The van der Waals surface area contributed by atoms with Crippen LogP contribution in [0.3, 0.4) is 0 Å². The molecule has 0 heterocycles. The summed E-state index contributed by atoms with van der Waals surface area (Å²) < 4.78 is 5.68. The summed E-state index contributed by atoms with van der Waals surface area (Å²) in [5, 5.41) is 10.4. The van der Waals surface area contributed by atoms with Crippen LogP contribution in [0.1, 0.15) is 19.4 Å². The van der Waals surface area contributed by atoms with Gasteiger partial charge in [-0.05, 0) is 31.6 Å². The van der Waals surface area contributed by atoms with Gasteiger partial charge in [0.2, 0.25) is 0 Å². The Balaban J connectivity index is 2.47. The van der Waals surface area contributed by atoms with E-state index in [0.29, 0.717) is 15.6 Å². The molecule has 1 aromatic carbocycles. The number of rotatable bonds is 3. The van der Waals surface area contributed by atoms with E-state index in [1.165, 1.54) is 0 Å². The number of nitrogens with zero attached hydrogens (tertiary/aromatic N) is 1. The Morgan fingerprint density at radius 2 is 2.00 bits per heavy atom. The van der Waals surface area contributed by atoms with Gasteiger partial charge in [0.25, 0.3) is 0 Å². The Kier molecular flexibility index (Phi) is 4.75. The third-order valence-corrected chi connectivity index (χ3v) is 3.81. The highest BCUT2D eigenvalue weighted by atomic mass is 35.5. The third-order valence-electron chi connectivity index (χ3n) is 3.17. The minimum absolute atomic E-state index is 0.123. The second-order valence-corrected chi connectivity index (χ2v) is 5.99.